The minimum Gasteiger partial charge on any atom is -0.460 e. The Morgan fingerprint density at radius 1 is 0.783 bits per heavy atom. The Kier molecular flexibility index (Phi) is 17.3. The van der Waals surface area contributed by atoms with Gasteiger partial charge in [-0.25, -0.2) is 0 Å². The molecule has 0 heterocycles. The molecule has 0 spiro atoms. The quantitative estimate of drug-likeness (QED) is 0.241. The fourth-order valence-electron chi connectivity index (χ4n) is 2.64. The van der Waals surface area contributed by atoms with Gasteiger partial charge in [0.05, 0.1) is 6.61 Å². The number of esters is 1. The van der Waals surface area contributed by atoms with Crippen molar-refractivity contribution in [1.82, 2.24) is 0 Å². The van der Waals surface area contributed by atoms with E-state index in [1.165, 1.54) is 70.6 Å². The molecule has 0 aliphatic heterocycles. The lowest BCUT2D eigenvalue weighted by Gasteiger charge is -2.12. The van der Waals surface area contributed by atoms with Crippen LogP contribution in [0.4, 0.5) is 0 Å². The molecule has 0 bridgehead atoms. The summed E-state index contributed by atoms with van der Waals surface area (Å²) < 4.78 is 10.7. The fraction of sp³-hybridized carbons (Fsp3) is 0.950. The van der Waals surface area contributed by atoms with E-state index in [1.54, 1.807) is 0 Å². The Labute approximate surface area is 144 Å². The molecule has 1 unspecified atom stereocenters. The van der Waals surface area contributed by atoms with Gasteiger partial charge in [-0.3, -0.25) is 4.79 Å². The first-order chi connectivity index (χ1) is 11.2. The van der Waals surface area contributed by atoms with Crippen molar-refractivity contribution < 1.29 is 14.3 Å². The van der Waals surface area contributed by atoms with Crippen molar-refractivity contribution in [2.45, 2.75) is 110 Å². The molecule has 0 rings (SSSR count). The molecule has 0 N–H and O–H groups in total. The standard InChI is InChI=1S/C20H40O3/c1-4-6-7-8-9-10-11-12-13-14-15-16-17-22-18-19(3)23-20(21)5-2/h19H,4-18H2,1-3H3. The molecular weight excluding hydrogens is 288 g/mol. The Balaban J connectivity index is 3.12. The van der Waals surface area contributed by atoms with Crippen molar-refractivity contribution in [2.75, 3.05) is 13.2 Å². The lowest BCUT2D eigenvalue weighted by atomic mass is 10.1. The Bertz CT molecular complexity index is 253. The Hall–Kier alpha value is -0.570. The molecule has 0 saturated heterocycles. The van der Waals surface area contributed by atoms with E-state index in [-0.39, 0.29) is 12.1 Å². The molecular formula is C20H40O3. The van der Waals surface area contributed by atoms with Crippen molar-refractivity contribution in [3.05, 3.63) is 0 Å². The Morgan fingerprint density at radius 2 is 1.26 bits per heavy atom. The van der Waals surface area contributed by atoms with E-state index in [0.717, 1.165) is 13.0 Å². The number of carbonyl (C=O) groups excluding carboxylic acids is 1. The summed E-state index contributed by atoms with van der Waals surface area (Å²) in [6.45, 7) is 7.26. The van der Waals surface area contributed by atoms with E-state index in [0.29, 0.717) is 13.0 Å². The zero-order valence-corrected chi connectivity index (χ0v) is 15.9. The van der Waals surface area contributed by atoms with E-state index in [4.69, 9.17) is 9.47 Å². The number of rotatable bonds is 17. The zero-order chi connectivity index (χ0) is 17.2. The first kappa shape index (κ1) is 22.4. The normalized spacial score (nSPS) is 12.3. The minimum atomic E-state index is -0.147. The van der Waals surface area contributed by atoms with Crippen LogP contribution in [-0.2, 0) is 14.3 Å². The second kappa shape index (κ2) is 17.8. The number of hydrogen-bond donors (Lipinski definition) is 0. The average Bonchev–Trinajstić information content (AvgIpc) is 2.55. The molecule has 0 aliphatic rings. The predicted molar refractivity (Wildman–Crippen MR) is 97.7 cm³/mol. The molecule has 0 radical (unpaired) electrons. The van der Waals surface area contributed by atoms with Gasteiger partial charge in [-0.1, -0.05) is 84.5 Å². The molecule has 0 aromatic rings. The summed E-state index contributed by atoms with van der Waals surface area (Å²) in [4.78, 5) is 11.1. The van der Waals surface area contributed by atoms with Crippen LogP contribution in [0.3, 0.4) is 0 Å². The third-order valence-electron chi connectivity index (χ3n) is 4.12. The zero-order valence-electron chi connectivity index (χ0n) is 15.9. The monoisotopic (exact) mass is 328 g/mol. The number of carbonyl (C=O) groups is 1. The maximum atomic E-state index is 11.1. The van der Waals surface area contributed by atoms with Gasteiger partial charge in [-0.15, -0.1) is 0 Å². The highest BCUT2D eigenvalue weighted by Crippen LogP contribution is 2.11. The predicted octanol–water partition coefficient (Wildman–Crippen LogP) is 6.05. The van der Waals surface area contributed by atoms with Gasteiger partial charge < -0.3 is 9.47 Å². The summed E-state index contributed by atoms with van der Waals surface area (Å²) >= 11 is 0. The molecule has 23 heavy (non-hydrogen) atoms. The molecule has 0 aromatic heterocycles. The second-order valence-corrected chi connectivity index (χ2v) is 6.62. The Morgan fingerprint density at radius 3 is 1.74 bits per heavy atom. The third-order valence-corrected chi connectivity index (χ3v) is 4.12. The van der Waals surface area contributed by atoms with Gasteiger partial charge in [0, 0.05) is 13.0 Å². The third kappa shape index (κ3) is 17.6. The summed E-state index contributed by atoms with van der Waals surface area (Å²) in [6, 6.07) is 0. The topological polar surface area (TPSA) is 35.5 Å². The molecule has 0 aliphatic carbocycles. The van der Waals surface area contributed by atoms with Gasteiger partial charge in [0.1, 0.15) is 6.10 Å². The van der Waals surface area contributed by atoms with Crippen LogP contribution in [0.2, 0.25) is 0 Å². The molecule has 0 aromatic carbocycles. The SMILES string of the molecule is CCCCCCCCCCCCCCOCC(C)OC(=O)CC. The smallest absolute Gasteiger partial charge is 0.305 e. The van der Waals surface area contributed by atoms with Crippen LogP contribution in [0.15, 0.2) is 0 Å². The summed E-state index contributed by atoms with van der Waals surface area (Å²) in [5, 5.41) is 0. The van der Waals surface area contributed by atoms with Crippen LogP contribution in [0.25, 0.3) is 0 Å². The number of ether oxygens (including phenoxy) is 2. The minimum absolute atomic E-state index is 0.125. The maximum Gasteiger partial charge on any atom is 0.305 e. The number of unbranched alkanes of at least 4 members (excludes halogenated alkanes) is 11. The summed E-state index contributed by atoms with van der Waals surface area (Å²) in [5.74, 6) is -0.147. The molecule has 0 saturated carbocycles. The van der Waals surface area contributed by atoms with Gasteiger partial charge in [0.25, 0.3) is 0 Å². The molecule has 0 amide bonds. The maximum absolute atomic E-state index is 11.1. The van der Waals surface area contributed by atoms with Crippen molar-refractivity contribution in [3.8, 4) is 0 Å². The van der Waals surface area contributed by atoms with E-state index >= 15 is 0 Å². The highest BCUT2D eigenvalue weighted by atomic mass is 16.6. The molecule has 0 fully saturated rings. The highest BCUT2D eigenvalue weighted by Gasteiger charge is 2.06. The summed E-state index contributed by atoms with van der Waals surface area (Å²) in [6.07, 6.45) is 16.6. The molecule has 138 valence electrons. The first-order valence-corrected chi connectivity index (χ1v) is 9.97. The van der Waals surface area contributed by atoms with E-state index in [1.807, 2.05) is 13.8 Å². The molecule has 3 heteroatoms. The van der Waals surface area contributed by atoms with E-state index in [9.17, 15) is 4.79 Å². The lowest BCUT2D eigenvalue weighted by Crippen LogP contribution is -2.20. The lowest BCUT2D eigenvalue weighted by molar-refractivity contribution is -0.150. The van der Waals surface area contributed by atoms with E-state index in [2.05, 4.69) is 6.92 Å². The highest BCUT2D eigenvalue weighted by molar-refractivity contribution is 5.69. The summed E-state index contributed by atoms with van der Waals surface area (Å²) in [7, 11) is 0. The average molecular weight is 329 g/mol. The van der Waals surface area contributed by atoms with Gasteiger partial charge in [-0.2, -0.15) is 0 Å². The van der Waals surface area contributed by atoms with E-state index < -0.39 is 0 Å². The summed E-state index contributed by atoms with van der Waals surface area (Å²) in [5.41, 5.74) is 0. The van der Waals surface area contributed by atoms with Gasteiger partial charge in [0.15, 0.2) is 0 Å². The van der Waals surface area contributed by atoms with Gasteiger partial charge >= 0.3 is 5.97 Å². The van der Waals surface area contributed by atoms with Crippen LogP contribution >= 0.6 is 0 Å². The van der Waals surface area contributed by atoms with Crippen LogP contribution in [0.1, 0.15) is 104 Å². The van der Waals surface area contributed by atoms with Crippen molar-refractivity contribution in [3.63, 3.8) is 0 Å². The molecule has 3 nitrogen and oxygen atoms in total. The van der Waals surface area contributed by atoms with Crippen LogP contribution < -0.4 is 0 Å². The van der Waals surface area contributed by atoms with Crippen molar-refractivity contribution in [2.24, 2.45) is 0 Å². The van der Waals surface area contributed by atoms with Crippen molar-refractivity contribution in [1.29, 1.82) is 0 Å². The second-order valence-electron chi connectivity index (χ2n) is 6.62. The first-order valence-electron chi connectivity index (χ1n) is 9.97. The van der Waals surface area contributed by atoms with Gasteiger partial charge in [-0.05, 0) is 13.3 Å². The van der Waals surface area contributed by atoms with Crippen LogP contribution in [0, 0.1) is 0 Å². The van der Waals surface area contributed by atoms with Crippen LogP contribution in [0.5, 0.6) is 0 Å². The largest absolute Gasteiger partial charge is 0.460 e. The van der Waals surface area contributed by atoms with Gasteiger partial charge in [0.2, 0.25) is 0 Å². The fourth-order valence-corrected chi connectivity index (χ4v) is 2.64. The number of hydrogen-bond acceptors (Lipinski definition) is 3. The van der Waals surface area contributed by atoms with Crippen LogP contribution in [-0.4, -0.2) is 25.3 Å². The molecule has 1 atom stereocenters. The van der Waals surface area contributed by atoms with Crippen molar-refractivity contribution >= 4 is 5.97 Å².